The summed E-state index contributed by atoms with van der Waals surface area (Å²) in [4.78, 5) is 69.1. The number of rotatable bonds is 11. The van der Waals surface area contributed by atoms with Crippen LogP contribution in [0.1, 0.15) is 38.8 Å². The predicted molar refractivity (Wildman–Crippen MR) is 162 cm³/mol. The van der Waals surface area contributed by atoms with Gasteiger partial charge in [-0.3, -0.25) is 34.8 Å². The van der Waals surface area contributed by atoms with Crippen molar-refractivity contribution in [2.45, 2.75) is 19.0 Å². The van der Waals surface area contributed by atoms with Crippen LogP contribution >= 0.6 is 24.8 Å². The van der Waals surface area contributed by atoms with Crippen molar-refractivity contribution in [3.05, 3.63) is 70.8 Å². The molecule has 0 unspecified atom stereocenters. The molecule has 43 heavy (non-hydrogen) atoms. The second-order valence-electron chi connectivity index (χ2n) is 9.24. The number of benzene rings is 2. The van der Waals surface area contributed by atoms with Crippen LogP contribution in [0.2, 0.25) is 0 Å². The second-order valence-corrected chi connectivity index (χ2v) is 9.24. The van der Waals surface area contributed by atoms with Crippen molar-refractivity contribution in [2.24, 2.45) is 22.2 Å². The van der Waals surface area contributed by atoms with Gasteiger partial charge in [-0.2, -0.15) is 5.01 Å². The Kier molecular flexibility index (Phi) is 13.1. The average molecular weight is 639 g/mol. The van der Waals surface area contributed by atoms with E-state index in [1.165, 1.54) is 36.4 Å². The molecule has 17 heteroatoms. The van der Waals surface area contributed by atoms with E-state index in [2.05, 4.69) is 15.7 Å². The number of aliphatic imine (C=N–C) groups is 1. The highest BCUT2D eigenvalue weighted by atomic mass is 35.5. The number of carbonyl (C=O) groups is 5. The molecule has 3 rings (SSSR count). The summed E-state index contributed by atoms with van der Waals surface area (Å²) in [5, 5.41) is 20.5. The number of amidine groups is 1. The average Bonchev–Trinajstić information content (AvgIpc) is 2.93. The van der Waals surface area contributed by atoms with E-state index in [-0.39, 0.29) is 67.4 Å². The summed E-state index contributed by atoms with van der Waals surface area (Å²) in [6.45, 7) is -0.117. The number of nitrogens with zero attached hydrogens (tertiary/aromatic N) is 3. The van der Waals surface area contributed by atoms with Crippen LogP contribution in [0.5, 0.6) is 0 Å². The smallest absolute Gasteiger partial charge is 0.323 e. The van der Waals surface area contributed by atoms with Crippen LogP contribution < -0.4 is 27.9 Å². The number of Topliss-reactive ketones (excluding diaryl/α,β-unsaturated/α-hetero) is 1. The highest BCUT2D eigenvalue weighted by molar-refractivity contribution is 6.12. The van der Waals surface area contributed by atoms with E-state index in [1.807, 2.05) is 0 Å². The van der Waals surface area contributed by atoms with Crippen LogP contribution in [0.15, 0.2) is 53.5 Å². The van der Waals surface area contributed by atoms with Gasteiger partial charge in [0.2, 0.25) is 0 Å². The molecule has 1 aliphatic rings. The van der Waals surface area contributed by atoms with E-state index in [4.69, 9.17) is 22.6 Å². The van der Waals surface area contributed by atoms with Crippen molar-refractivity contribution in [3.63, 3.8) is 0 Å². The maximum atomic E-state index is 13.6. The topological polar surface area (TPSA) is 250 Å². The Bertz CT molecular complexity index is 1400. The van der Waals surface area contributed by atoms with Gasteiger partial charge in [0.25, 0.3) is 17.7 Å². The Hall–Kier alpha value is -4.73. The number of carbonyl (C=O) groups excluding carboxylic acids is 4. The quantitative estimate of drug-likeness (QED) is 0.0918. The molecule has 0 aliphatic carbocycles. The number of hydrogen-bond acceptors (Lipinski definition) is 8. The molecule has 10 N–H and O–H groups in total. The molecular weight excluding hydrogens is 605 g/mol. The van der Waals surface area contributed by atoms with Gasteiger partial charge in [0.15, 0.2) is 17.3 Å². The van der Waals surface area contributed by atoms with Crippen LogP contribution in [0.3, 0.4) is 0 Å². The molecule has 232 valence electrons. The van der Waals surface area contributed by atoms with Gasteiger partial charge in [0, 0.05) is 29.8 Å². The standard InChI is InChI=1S/C26H31N9O6.2ClH/c1-15(36)26(14-32-22(39)18-4-2-16(3-5-18)12-31-25(29)30)24(41)34(13-20(37)38)10-11-35(26)33-23(40)19-8-6-17(7-9-19)21(27)28;;/h2-9H,10-14H2,1H3,(H3,27,28)(H,32,39)(H,33,40)(H,37,38)(H4,29,30,31);2*1H/t26-;;/m0../s1. The number of ketones is 1. The molecule has 15 nitrogen and oxygen atoms in total. The lowest BCUT2D eigenvalue weighted by Gasteiger charge is -2.47. The fraction of sp³-hybridized carbons (Fsp3) is 0.269. The van der Waals surface area contributed by atoms with Gasteiger partial charge >= 0.3 is 5.97 Å². The molecule has 1 saturated heterocycles. The zero-order valence-electron chi connectivity index (χ0n) is 23.0. The molecule has 1 heterocycles. The minimum atomic E-state index is -2.13. The third kappa shape index (κ3) is 8.64. The maximum Gasteiger partial charge on any atom is 0.323 e. The lowest BCUT2D eigenvalue weighted by molar-refractivity contribution is -0.164. The molecule has 1 atom stereocenters. The molecule has 1 fully saturated rings. The number of carboxylic acids is 1. The van der Waals surface area contributed by atoms with Crippen molar-refractivity contribution in [2.75, 3.05) is 26.2 Å². The SMILES string of the molecule is CC(=O)[C@@]1(CNC(=O)c2ccc(CN=C(N)N)cc2)C(=O)N(CC(=O)O)CCN1NC(=O)c1ccc(C(=N)N)cc1.Cl.Cl. The summed E-state index contributed by atoms with van der Waals surface area (Å²) in [6.07, 6.45) is 0. The number of hydrogen-bond donors (Lipinski definition) is 7. The van der Waals surface area contributed by atoms with Gasteiger partial charge in [-0.15, -0.1) is 24.8 Å². The van der Waals surface area contributed by atoms with E-state index in [1.54, 1.807) is 12.1 Å². The summed E-state index contributed by atoms with van der Waals surface area (Å²) in [6, 6.07) is 12.1. The van der Waals surface area contributed by atoms with Crippen LogP contribution in [0.25, 0.3) is 0 Å². The van der Waals surface area contributed by atoms with Gasteiger partial charge in [-0.05, 0) is 36.8 Å². The first-order valence-corrected chi connectivity index (χ1v) is 12.3. The van der Waals surface area contributed by atoms with Crippen molar-refractivity contribution in [1.29, 1.82) is 5.41 Å². The van der Waals surface area contributed by atoms with Crippen LogP contribution in [-0.4, -0.2) is 88.0 Å². The number of nitrogens with one attached hydrogen (secondary N) is 3. The van der Waals surface area contributed by atoms with E-state index < -0.39 is 48.1 Å². The van der Waals surface area contributed by atoms with Gasteiger partial charge < -0.3 is 32.5 Å². The zero-order chi connectivity index (χ0) is 30.3. The first-order chi connectivity index (χ1) is 19.3. The minimum Gasteiger partial charge on any atom is -0.480 e. The highest BCUT2D eigenvalue weighted by Gasteiger charge is 2.54. The first kappa shape index (κ1) is 36.3. The molecule has 1 aliphatic heterocycles. The third-order valence-electron chi connectivity index (χ3n) is 6.46. The Morgan fingerprint density at radius 2 is 1.47 bits per heavy atom. The number of aliphatic carboxylic acids is 1. The van der Waals surface area contributed by atoms with Crippen molar-refractivity contribution >= 4 is 66.1 Å². The van der Waals surface area contributed by atoms with E-state index >= 15 is 0 Å². The Morgan fingerprint density at radius 3 is 1.98 bits per heavy atom. The predicted octanol–water partition coefficient (Wildman–Crippen LogP) is -0.781. The summed E-state index contributed by atoms with van der Waals surface area (Å²) in [5.74, 6) is -4.46. The number of piperazine rings is 1. The number of guanidine groups is 1. The number of hydrazine groups is 1. The van der Waals surface area contributed by atoms with Crippen LogP contribution in [0.4, 0.5) is 0 Å². The molecule has 0 bridgehead atoms. The molecule has 2 aromatic rings. The summed E-state index contributed by atoms with van der Waals surface area (Å²) < 4.78 is 0. The number of amides is 3. The fourth-order valence-electron chi connectivity index (χ4n) is 4.23. The maximum absolute atomic E-state index is 13.6. The monoisotopic (exact) mass is 637 g/mol. The largest absolute Gasteiger partial charge is 0.480 e. The fourth-order valence-corrected chi connectivity index (χ4v) is 4.23. The number of nitrogens with two attached hydrogens (primary N) is 3. The number of carboxylic acid groups (broad SMARTS) is 1. The molecule has 0 radical (unpaired) electrons. The third-order valence-corrected chi connectivity index (χ3v) is 6.46. The first-order valence-electron chi connectivity index (χ1n) is 12.3. The molecule has 0 spiro atoms. The lowest BCUT2D eigenvalue weighted by atomic mass is 9.89. The van der Waals surface area contributed by atoms with Gasteiger partial charge in [0.05, 0.1) is 13.1 Å². The Labute approximate surface area is 259 Å². The van der Waals surface area contributed by atoms with Crippen molar-refractivity contribution < 1.29 is 29.1 Å². The number of nitrogen functional groups attached to an aromatic ring is 1. The molecule has 0 saturated carbocycles. The lowest BCUT2D eigenvalue weighted by Crippen LogP contribution is -2.76. The van der Waals surface area contributed by atoms with E-state index in [9.17, 15) is 29.1 Å². The second kappa shape index (κ2) is 15.5. The molecule has 2 aromatic carbocycles. The van der Waals surface area contributed by atoms with Crippen LogP contribution in [0, 0.1) is 5.41 Å². The highest BCUT2D eigenvalue weighted by Crippen LogP contribution is 2.24. The summed E-state index contributed by atoms with van der Waals surface area (Å²) in [5.41, 5.74) is 18.0. The number of halogens is 2. The summed E-state index contributed by atoms with van der Waals surface area (Å²) >= 11 is 0. The van der Waals surface area contributed by atoms with Gasteiger partial charge in [0.1, 0.15) is 12.4 Å². The molecular formula is C26H33Cl2N9O6. The van der Waals surface area contributed by atoms with E-state index in [0.717, 1.165) is 22.4 Å². The zero-order valence-corrected chi connectivity index (χ0v) is 24.7. The van der Waals surface area contributed by atoms with Gasteiger partial charge in [-0.25, -0.2) is 4.99 Å². The Morgan fingerprint density at radius 1 is 0.930 bits per heavy atom. The molecule has 3 amide bonds. The molecule has 0 aromatic heterocycles. The van der Waals surface area contributed by atoms with E-state index in [0.29, 0.717) is 5.56 Å². The van der Waals surface area contributed by atoms with Gasteiger partial charge in [-0.1, -0.05) is 24.3 Å². The van der Waals surface area contributed by atoms with Crippen LogP contribution in [-0.2, 0) is 20.9 Å². The summed E-state index contributed by atoms with van der Waals surface area (Å²) in [7, 11) is 0. The Balaban J connectivity index is 0.00000462. The van der Waals surface area contributed by atoms with Crippen molar-refractivity contribution in [3.8, 4) is 0 Å². The normalized spacial score (nSPS) is 16.1. The van der Waals surface area contributed by atoms with Crippen molar-refractivity contribution in [1.82, 2.24) is 20.7 Å². The minimum absolute atomic E-state index is 0.